The van der Waals surface area contributed by atoms with Crippen LogP contribution in [0.3, 0.4) is 0 Å². The molecule has 0 aliphatic rings. The number of rotatable bonds is 21. The van der Waals surface area contributed by atoms with Crippen LogP contribution in [-0.2, 0) is 0 Å². The molecule has 0 bridgehead atoms. The Balaban J connectivity index is 3.03. The van der Waals surface area contributed by atoms with E-state index in [9.17, 15) is 0 Å². The van der Waals surface area contributed by atoms with Gasteiger partial charge in [0.1, 0.15) is 0 Å². The van der Waals surface area contributed by atoms with Gasteiger partial charge in [-0.1, -0.05) is 156 Å². The van der Waals surface area contributed by atoms with Crippen molar-refractivity contribution in [2.45, 2.75) is 156 Å². The molecule has 0 radical (unpaired) electrons. The summed E-state index contributed by atoms with van der Waals surface area (Å²) in [5.74, 6) is 1.00. The van der Waals surface area contributed by atoms with Crippen molar-refractivity contribution in [3.63, 3.8) is 0 Å². The lowest BCUT2D eigenvalue weighted by molar-refractivity contribution is 0.426. The standard InChI is InChI=1S/C25H52/c1-4-7-8-9-10-11-12-13-14-15-16-17-18-19-20-21-22-23-24-25(5-2)6-3/h25H,4-24H2,1-3H3. The molecule has 0 unspecified atom stereocenters. The molecule has 0 aromatic carbocycles. The summed E-state index contributed by atoms with van der Waals surface area (Å²) >= 11 is 0. The van der Waals surface area contributed by atoms with Gasteiger partial charge >= 0.3 is 0 Å². The van der Waals surface area contributed by atoms with Gasteiger partial charge in [0.15, 0.2) is 0 Å². The molecule has 152 valence electrons. The summed E-state index contributed by atoms with van der Waals surface area (Å²) in [6.07, 6.45) is 30.8. The molecule has 0 spiro atoms. The van der Waals surface area contributed by atoms with Crippen LogP contribution in [0.15, 0.2) is 0 Å². The third kappa shape index (κ3) is 20.2. The minimum Gasteiger partial charge on any atom is -0.0654 e. The van der Waals surface area contributed by atoms with Gasteiger partial charge < -0.3 is 0 Å². The van der Waals surface area contributed by atoms with E-state index in [-0.39, 0.29) is 0 Å². The number of hydrogen-bond donors (Lipinski definition) is 0. The molecule has 0 saturated heterocycles. The third-order valence-electron chi connectivity index (χ3n) is 6.12. The Bertz CT molecular complexity index is 216. The second-order valence-electron chi connectivity index (χ2n) is 8.48. The molecule has 25 heavy (non-hydrogen) atoms. The van der Waals surface area contributed by atoms with Crippen LogP contribution in [0.25, 0.3) is 0 Å². The molecule has 0 aromatic heterocycles. The topological polar surface area (TPSA) is 0 Å². The molecule has 0 N–H and O–H groups in total. The maximum Gasteiger partial charge on any atom is -0.0420 e. The van der Waals surface area contributed by atoms with Gasteiger partial charge in [-0.25, -0.2) is 0 Å². The molecule has 0 fully saturated rings. The maximum absolute atomic E-state index is 2.35. The van der Waals surface area contributed by atoms with Gasteiger partial charge in [-0.3, -0.25) is 0 Å². The van der Waals surface area contributed by atoms with Crippen molar-refractivity contribution in [1.82, 2.24) is 0 Å². The van der Waals surface area contributed by atoms with Crippen molar-refractivity contribution in [3.8, 4) is 0 Å². The Labute approximate surface area is 161 Å². The van der Waals surface area contributed by atoms with Crippen LogP contribution in [0.2, 0.25) is 0 Å². The molecule has 0 atom stereocenters. The van der Waals surface area contributed by atoms with Crippen LogP contribution < -0.4 is 0 Å². The van der Waals surface area contributed by atoms with Crippen molar-refractivity contribution in [2.24, 2.45) is 5.92 Å². The van der Waals surface area contributed by atoms with Crippen molar-refractivity contribution >= 4 is 0 Å². The fraction of sp³-hybridized carbons (Fsp3) is 1.00. The lowest BCUT2D eigenvalue weighted by Crippen LogP contribution is -1.96. The first-order valence-electron chi connectivity index (χ1n) is 12.3. The van der Waals surface area contributed by atoms with Gasteiger partial charge in [0, 0.05) is 0 Å². The minimum atomic E-state index is 1.00. The largest absolute Gasteiger partial charge is 0.0654 e. The molecular weight excluding hydrogens is 300 g/mol. The van der Waals surface area contributed by atoms with Gasteiger partial charge in [-0.15, -0.1) is 0 Å². The highest BCUT2D eigenvalue weighted by Crippen LogP contribution is 2.18. The molecule has 0 heterocycles. The van der Waals surface area contributed by atoms with Crippen LogP contribution in [0.5, 0.6) is 0 Å². The fourth-order valence-electron chi connectivity index (χ4n) is 4.03. The lowest BCUT2D eigenvalue weighted by atomic mass is 9.95. The number of hydrogen-bond acceptors (Lipinski definition) is 0. The van der Waals surface area contributed by atoms with E-state index < -0.39 is 0 Å². The molecule has 0 heteroatoms. The molecule has 0 aromatic rings. The average Bonchev–Trinajstić information content (AvgIpc) is 2.64. The predicted octanol–water partition coefficient (Wildman–Crippen LogP) is 9.85. The highest BCUT2D eigenvalue weighted by molar-refractivity contribution is 4.55. The Hall–Kier alpha value is 0. The van der Waals surface area contributed by atoms with Crippen molar-refractivity contribution < 1.29 is 0 Å². The summed E-state index contributed by atoms with van der Waals surface area (Å²) in [5, 5.41) is 0. The van der Waals surface area contributed by atoms with E-state index in [2.05, 4.69) is 20.8 Å². The molecule has 0 saturated carbocycles. The van der Waals surface area contributed by atoms with Gasteiger partial charge in [0.05, 0.1) is 0 Å². The molecule has 0 rings (SSSR count). The highest BCUT2D eigenvalue weighted by Gasteiger charge is 2.02. The Kier molecular flexibility index (Phi) is 22.0. The first-order chi connectivity index (χ1) is 12.3. The SMILES string of the molecule is CCCCCCCCCCCCCCCCCCCCC(CC)CC. The van der Waals surface area contributed by atoms with Gasteiger partial charge in [-0.05, 0) is 5.92 Å². The van der Waals surface area contributed by atoms with Crippen LogP contribution in [0.1, 0.15) is 156 Å². The second kappa shape index (κ2) is 22.0. The Morgan fingerprint density at radius 3 is 0.920 bits per heavy atom. The first-order valence-corrected chi connectivity index (χ1v) is 12.3. The van der Waals surface area contributed by atoms with Gasteiger partial charge in [0.25, 0.3) is 0 Å². The maximum atomic E-state index is 2.35. The zero-order valence-corrected chi connectivity index (χ0v) is 18.4. The molecule has 0 aliphatic heterocycles. The monoisotopic (exact) mass is 352 g/mol. The average molecular weight is 353 g/mol. The van der Waals surface area contributed by atoms with E-state index in [4.69, 9.17) is 0 Å². The van der Waals surface area contributed by atoms with E-state index >= 15 is 0 Å². The lowest BCUT2D eigenvalue weighted by Gasteiger charge is -2.11. The van der Waals surface area contributed by atoms with E-state index in [1.54, 1.807) is 0 Å². The highest BCUT2D eigenvalue weighted by atomic mass is 14.1. The quantitative estimate of drug-likeness (QED) is 0.180. The van der Waals surface area contributed by atoms with Crippen LogP contribution in [0.4, 0.5) is 0 Å². The van der Waals surface area contributed by atoms with Crippen molar-refractivity contribution in [3.05, 3.63) is 0 Å². The van der Waals surface area contributed by atoms with E-state index in [1.807, 2.05) is 0 Å². The Morgan fingerprint density at radius 2 is 0.640 bits per heavy atom. The zero-order chi connectivity index (χ0) is 18.4. The summed E-state index contributed by atoms with van der Waals surface area (Å²) in [4.78, 5) is 0. The summed E-state index contributed by atoms with van der Waals surface area (Å²) in [6, 6.07) is 0. The second-order valence-corrected chi connectivity index (χ2v) is 8.48. The van der Waals surface area contributed by atoms with Crippen LogP contribution >= 0.6 is 0 Å². The molecule has 0 aliphatic carbocycles. The summed E-state index contributed by atoms with van der Waals surface area (Å²) in [7, 11) is 0. The minimum absolute atomic E-state index is 1.00. The van der Waals surface area contributed by atoms with Crippen LogP contribution in [0, 0.1) is 5.92 Å². The van der Waals surface area contributed by atoms with Crippen LogP contribution in [-0.4, -0.2) is 0 Å². The van der Waals surface area contributed by atoms with Gasteiger partial charge in [0.2, 0.25) is 0 Å². The molecular formula is C25H52. The predicted molar refractivity (Wildman–Crippen MR) is 117 cm³/mol. The molecule has 0 amide bonds. The summed E-state index contributed by atoms with van der Waals surface area (Å²) in [6.45, 7) is 7.00. The summed E-state index contributed by atoms with van der Waals surface area (Å²) in [5.41, 5.74) is 0. The van der Waals surface area contributed by atoms with Crippen molar-refractivity contribution in [1.29, 1.82) is 0 Å². The summed E-state index contributed by atoms with van der Waals surface area (Å²) < 4.78 is 0. The fourth-order valence-corrected chi connectivity index (χ4v) is 4.03. The normalized spacial score (nSPS) is 11.5. The van der Waals surface area contributed by atoms with E-state index in [0.717, 1.165) is 5.92 Å². The zero-order valence-electron chi connectivity index (χ0n) is 18.4. The Morgan fingerprint density at radius 1 is 0.360 bits per heavy atom. The first kappa shape index (κ1) is 25.0. The number of unbranched alkanes of at least 4 members (excludes halogenated alkanes) is 17. The third-order valence-corrected chi connectivity index (χ3v) is 6.12. The molecule has 0 nitrogen and oxygen atoms in total. The van der Waals surface area contributed by atoms with E-state index in [0.29, 0.717) is 0 Å². The smallest absolute Gasteiger partial charge is 0.0420 e. The van der Waals surface area contributed by atoms with Gasteiger partial charge in [-0.2, -0.15) is 0 Å². The van der Waals surface area contributed by atoms with E-state index in [1.165, 1.54) is 135 Å². The van der Waals surface area contributed by atoms with Crippen molar-refractivity contribution in [2.75, 3.05) is 0 Å².